The number of urea groups is 1. The summed E-state index contributed by atoms with van der Waals surface area (Å²) in [6, 6.07) is -0.311. The van der Waals surface area contributed by atoms with E-state index in [1.807, 2.05) is 12.3 Å². The van der Waals surface area contributed by atoms with Gasteiger partial charge < -0.3 is 20.1 Å². The third-order valence-electron chi connectivity index (χ3n) is 3.28. The number of morpholine rings is 1. The van der Waals surface area contributed by atoms with Gasteiger partial charge in [-0.25, -0.2) is 9.78 Å². The summed E-state index contributed by atoms with van der Waals surface area (Å²) in [5.41, 5.74) is 0. The van der Waals surface area contributed by atoms with E-state index in [4.69, 9.17) is 9.84 Å². The number of amides is 2. The molecule has 2 N–H and O–H groups in total. The van der Waals surface area contributed by atoms with Gasteiger partial charge in [0.25, 0.3) is 0 Å². The van der Waals surface area contributed by atoms with Gasteiger partial charge in [0.2, 0.25) is 0 Å². The minimum absolute atomic E-state index is 0.0898. The summed E-state index contributed by atoms with van der Waals surface area (Å²) in [6.45, 7) is 3.11. The molecule has 8 heteroatoms. The predicted molar refractivity (Wildman–Crippen MR) is 77.2 cm³/mol. The number of hydrogen-bond donors (Lipinski definition) is 2. The number of aliphatic carboxylic acids is 1. The molecule has 7 nitrogen and oxygen atoms in total. The second kappa shape index (κ2) is 7.37. The lowest BCUT2D eigenvalue weighted by Gasteiger charge is -2.33. The third-order valence-corrected chi connectivity index (χ3v) is 4.17. The lowest BCUT2D eigenvalue weighted by molar-refractivity contribution is -0.141. The fourth-order valence-electron chi connectivity index (χ4n) is 2.21. The van der Waals surface area contributed by atoms with E-state index < -0.39 is 12.1 Å². The molecule has 0 spiro atoms. The van der Waals surface area contributed by atoms with Crippen LogP contribution in [0, 0.1) is 0 Å². The smallest absolute Gasteiger partial charge is 0.318 e. The number of rotatable bonds is 5. The Morgan fingerprint density at radius 1 is 1.67 bits per heavy atom. The summed E-state index contributed by atoms with van der Waals surface area (Å²) in [6.07, 6.45) is 1.93. The zero-order valence-corrected chi connectivity index (χ0v) is 12.6. The Kier molecular flexibility index (Phi) is 5.51. The van der Waals surface area contributed by atoms with Crippen molar-refractivity contribution in [1.82, 2.24) is 15.2 Å². The number of carboxylic acid groups (broad SMARTS) is 1. The van der Waals surface area contributed by atoms with Crippen LogP contribution in [0.2, 0.25) is 0 Å². The lowest BCUT2D eigenvalue weighted by Crippen LogP contribution is -2.50. The fraction of sp³-hybridized carbons (Fsp3) is 0.615. The Balaban J connectivity index is 1.91. The Bertz CT molecular complexity index is 480. The van der Waals surface area contributed by atoms with E-state index in [0.29, 0.717) is 19.7 Å². The molecule has 2 unspecified atom stereocenters. The first-order valence-electron chi connectivity index (χ1n) is 6.88. The van der Waals surface area contributed by atoms with Gasteiger partial charge in [0.1, 0.15) is 5.01 Å². The molecule has 0 bridgehead atoms. The average molecular weight is 313 g/mol. The molecule has 0 saturated carbocycles. The van der Waals surface area contributed by atoms with Crippen LogP contribution in [0.25, 0.3) is 0 Å². The summed E-state index contributed by atoms with van der Waals surface area (Å²) in [7, 11) is 0. The highest BCUT2D eigenvalue weighted by Crippen LogP contribution is 2.19. The van der Waals surface area contributed by atoms with Crippen molar-refractivity contribution in [3.8, 4) is 0 Å². The minimum atomic E-state index is -0.920. The molecule has 0 radical (unpaired) electrons. The quantitative estimate of drug-likeness (QED) is 0.859. The fourth-order valence-corrected chi connectivity index (χ4v) is 2.98. The molecule has 21 heavy (non-hydrogen) atoms. The largest absolute Gasteiger partial charge is 0.481 e. The van der Waals surface area contributed by atoms with Crippen molar-refractivity contribution in [3.63, 3.8) is 0 Å². The Labute approximate surface area is 126 Å². The van der Waals surface area contributed by atoms with Crippen LogP contribution < -0.4 is 5.32 Å². The van der Waals surface area contributed by atoms with Crippen molar-refractivity contribution in [3.05, 3.63) is 16.6 Å². The molecule has 0 aliphatic carbocycles. The molecular weight excluding hydrogens is 294 g/mol. The number of nitrogens with zero attached hydrogens (tertiary/aromatic N) is 2. The maximum Gasteiger partial charge on any atom is 0.318 e. The van der Waals surface area contributed by atoms with Crippen LogP contribution in [0.4, 0.5) is 4.79 Å². The third kappa shape index (κ3) is 4.40. The van der Waals surface area contributed by atoms with Crippen molar-refractivity contribution in [2.75, 3.05) is 19.7 Å². The van der Waals surface area contributed by atoms with Gasteiger partial charge in [-0.1, -0.05) is 6.92 Å². The van der Waals surface area contributed by atoms with Gasteiger partial charge in [-0.15, -0.1) is 11.3 Å². The zero-order chi connectivity index (χ0) is 15.2. The Morgan fingerprint density at radius 3 is 3.10 bits per heavy atom. The van der Waals surface area contributed by atoms with Crippen LogP contribution >= 0.6 is 11.3 Å². The van der Waals surface area contributed by atoms with Gasteiger partial charge in [0.15, 0.2) is 0 Å². The molecule has 1 aliphatic heterocycles. The maximum atomic E-state index is 12.3. The van der Waals surface area contributed by atoms with Crippen molar-refractivity contribution < 1.29 is 19.4 Å². The molecule has 1 aromatic rings. The molecule has 2 amide bonds. The van der Waals surface area contributed by atoms with Gasteiger partial charge in [0.05, 0.1) is 25.2 Å². The SMILES string of the molecule is CCC(NC(=O)N1CCOC(CC(=O)O)C1)c1nccs1. The Hall–Kier alpha value is -1.67. The van der Waals surface area contributed by atoms with Crippen molar-refractivity contribution in [1.29, 1.82) is 0 Å². The first-order valence-corrected chi connectivity index (χ1v) is 7.76. The number of carbonyl (C=O) groups is 2. The predicted octanol–water partition coefficient (Wildman–Crippen LogP) is 1.48. The van der Waals surface area contributed by atoms with Gasteiger partial charge >= 0.3 is 12.0 Å². The molecule has 0 aromatic carbocycles. The topological polar surface area (TPSA) is 91.8 Å². The first kappa shape index (κ1) is 15.7. The molecule has 1 fully saturated rings. The molecular formula is C13H19N3O4S. The molecule has 1 aliphatic rings. The monoisotopic (exact) mass is 313 g/mol. The zero-order valence-electron chi connectivity index (χ0n) is 11.8. The highest BCUT2D eigenvalue weighted by molar-refractivity contribution is 7.09. The minimum Gasteiger partial charge on any atom is -0.481 e. The van der Waals surface area contributed by atoms with E-state index in [1.54, 1.807) is 11.1 Å². The number of aromatic nitrogens is 1. The summed E-state index contributed by atoms with van der Waals surface area (Å²) in [4.78, 5) is 28.8. The molecule has 116 valence electrons. The number of carboxylic acids is 1. The second-order valence-electron chi connectivity index (χ2n) is 4.82. The van der Waals surface area contributed by atoms with Gasteiger partial charge in [-0.05, 0) is 6.42 Å². The standard InChI is InChI=1S/C13H19N3O4S/c1-2-10(12-14-3-6-21-12)15-13(19)16-4-5-20-9(8-16)7-11(17)18/h3,6,9-10H,2,4-5,7-8H2,1H3,(H,15,19)(H,17,18). The van der Waals surface area contributed by atoms with Crippen molar-refractivity contribution in [2.24, 2.45) is 0 Å². The number of carbonyl (C=O) groups excluding carboxylic acids is 1. The van der Waals surface area contributed by atoms with Crippen LogP contribution in [-0.2, 0) is 9.53 Å². The molecule has 2 heterocycles. The van der Waals surface area contributed by atoms with Crippen LogP contribution in [0.5, 0.6) is 0 Å². The van der Waals surface area contributed by atoms with E-state index in [-0.39, 0.29) is 18.5 Å². The van der Waals surface area contributed by atoms with Crippen molar-refractivity contribution >= 4 is 23.3 Å². The summed E-state index contributed by atoms with van der Waals surface area (Å²) in [5, 5.41) is 14.5. The van der Waals surface area contributed by atoms with Crippen LogP contribution in [0.15, 0.2) is 11.6 Å². The number of nitrogens with one attached hydrogen (secondary N) is 1. The highest BCUT2D eigenvalue weighted by atomic mass is 32.1. The average Bonchev–Trinajstić information content (AvgIpc) is 2.98. The normalized spacial score (nSPS) is 20.0. The number of ether oxygens (including phenoxy) is 1. The second-order valence-corrected chi connectivity index (χ2v) is 5.74. The van der Waals surface area contributed by atoms with Crippen LogP contribution in [0.3, 0.4) is 0 Å². The summed E-state index contributed by atoms with van der Waals surface area (Å²) < 4.78 is 5.36. The number of hydrogen-bond acceptors (Lipinski definition) is 5. The summed E-state index contributed by atoms with van der Waals surface area (Å²) >= 11 is 1.51. The van der Waals surface area contributed by atoms with Crippen LogP contribution in [0.1, 0.15) is 30.8 Å². The Morgan fingerprint density at radius 2 is 2.48 bits per heavy atom. The first-order chi connectivity index (χ1) is 10.1. The van der Waals surface area contributed by atoms with E-state index >= 15 is 0 Å². The van der Waals surface area contributed by atoms with Gasteiger partial charge in [-0.3, -0.25) is 4.79 Å². The van der Waals surface area contributed by atoms with Crippen molar-refractivity contribution in [2.45, 2.75) is 31.9 Å². The van der Waals surface area contributed by atoms with E-state index in [0.717, 1.165) is 11.4 Å². The van der Waals surface area contributed by atoms with E-state index in [2.05, 4.69) is 10.3 Å². The molecule has 1 aromatic heterocycles. The van der Waals surface area contributed by atoms with Gasteiger partial charge in [-0.2, -0.15) is 0 Å². The van der Waals surface area contributed by atoms with Crippen LogP contribution in [-0.4, -0.2) is 52.8 Å². The molecule has 2 atom stereocenters. The summed E-state index contributed by atoms with van der Waals surface area (Å²) in [5.74, 6) is -0.920. The highest BCUT2D eigenvalue weighted by Gasteiger charge is 2.27. The number of thiazole rings is 1. The molecule has 2 rings (SSSR count). The lowest BCUT2D eigenvalue weighted by atomic mass is 10.2. The van der Waals surface area contributed by atoms with Gasteiger partial charge in [0, 0.05) is 24.7 Å². The molecule has 1 saturated heterocycles. The van der Waals surface area contributed by atoms with E-state index in [1.165, 1.54) is 11.3 Å². The maximum absolute atomic E-state index is 12.3. The van der Waals surface area contributed by atoms with E-state index in [9.17, 15) is 9.59 Å².